The Morgan fingerprint density at radius 3 is 2.79 bits per heavy atom. The monoisotopic (exact) mass is 344 g/mol. The average Bonchev–Trinajstić information content (AvgIpc) is 2.82. The van der Waals surface area contributed by atoms with Gasteiger partial charge in [0.1, 0.15) is 11.4 Å². The Labute approximate surface area is 141 Å². The molecule has 24 heavy (non-hydrogen) atoms. The van der Waals surface area contributed by atoms with Crippen LogP contribution in [0.15, 0.2) is 46.8 Å². The van der Waals surface area contributed by atoms with Gasteiger partial charge in [0.05, 0.1) is 22.8 Å². The maximum absolute atomic E-state index is 11.1. The van der Waals surface area contributed by atoms with Gasteiger partial charge in [-0.2, -0.15) is 0 Å². The quantitative estimate of drug-likeness (QED) is 0.697. The number of carboxylic acids is 1. The number of benzene rings is 1. The van der Waals surface area contributed by atoms with E-state index in [4.69, 9.17) is 16.7 Å². The van der Waals surface area contributed by atoms with E-state index in [0.29, 0.717) is 27.9 Å². The van der Waals surface area contributed by atoms with Gasteiger partial charge in [-0.15, -0.1) is 10.2 Å². The Bertz CT molecular complexity index is 965. The Balaban J connectivity index is 2.10. The molecule has 0 unspecified atom stereocenters. The number of phenolic OH excluding ortho intramolecular Hbond substituents is 1. The van der Waals surface area contributed by atoms with E-state index in [1.54, 1.807) is 41.8 Å². The van der Waals surface area contributed by atoms with Gasteiger partial charge in [0.15, 0.2) is 5.82 Å². The van der Waals surface area contributed by atoms with E-state index in [0.717, 1.165) is 5.56 Å². The van der Waals surface area contributed by atoms with Gasteiger partial charge in [0, 0.05) is 6.20 Å². The summed E-state index contributed by atoms with van der Waals surface area (Å²) in [5, 5.41) is 27.3. The molecule has 2 N–H and O–H groups in total. The van der Waals surface area contributed by atoms with Crippen LogP contribution in [0.3, 0.4) is 0 Å². The first-order chi connectivity index (χ1) is 11.4. The van der Waals surface area contributed by atoms with Crippen molar-refractivity contribution in [2.75, 3.05) is 0 Å². The SMILES string of the molecule is Cc1cc(O)ccc1N=Nc1c(CC(=O)O)nc2ccc(Cl)cn12. The molecular formula is C16H13ClN4O3. The van der Waals surface area contributed by atoms with Crippen molar-refractivity contribution in [2.24, 2.45) is 10.2 Å². The van der Waals surface area contributed by atoms with Gasteiger partial charge in [-0.3, -0.25) is 9.20 Å². The van der Waals surface area contributed by atoms with Crippen LogP contribution >= 0.6 is 11.6 Å². The fourth-order valence-corrected chi connectivity index (χ4v) is 2.44. The van der Waals surface area contributed by atoms with E-state index >= 15 is 0 Å². The van der Waals surface area contributed by atoms with E-state index in [1.165, 1.54) is 6.07 Å². The highest BCUT2D eigenvalue weighted by Crippen LogP contribution is 2.28. The number of carbonyl (C=O) groups is 1. The number of imidazole rings is 1. The minimum Gasteiger partial charge on any atom is -0.508 e. The summed E-state index contributed by atoms with van der Waals surface area (Å²) in [7, 11) is 0. The fourth-order valence-electron chi connectivity index (χ4n) is 2.28. The number of phenols is 1. The number of pyridine rings is 1. The molecule has 3 rings (SSSR count). The van der Waals surface area contributed by atoms with Crippen LogP contribution < -0.4 is 0 Å². The number of rotatable bonds is 4. The smallest absolute Gasteiger partial charge is 0.309 e. The number of carboxylic acid groups (broad SMARTS) is 1. The first-order valence-corrected chi connectivity index (χ1v) is 7.41. The van der Waals surface area contributed by atoms with Crippen LogP contribution in [0, 0.1) is 6.92 Å². The van der Waals surface area contributed by atoms with Crippen LogP contribution in [-0.4, -0.2) is 25.6 Å². The minimum atomic E-state index is -1.01. The van der Waals surface area contributed by atoms with Crippen LogP contribution in [0.1, 0.15) is 11.3 Å². The molecule has 0 aliphatic rings. The highest BCUT2D eigenvalue weighted by molar-refractivity contribution is 6.30. The lowest BCUT2D eigenvalue weighted by Gasteiger charge is -2.01. The molecule has 0 amide bonds. The van der Waals surface area contributed by atoms with E-state index < -0.39 is 5.97 Å². The number of aliphatic carboxylic acids is 1. The Morgan fingerprint density at radius 2 is 2.08 bits per heavy atom. The summed E-state index contributed by atoms with van der Waals surface area (Å²) in [6, 6.07) is 8.04. The standard InChI is InChI=1S/C16H13ClN4O3/c1-9-6-11(22)3-4-12(9)19-20-16-13(7-15(23)24)18-14-5-2-10(17)8-21(14)16/h2-6,8,22H,7H2,1H3,(H,23,24). The Morgan fingerprint density at radius 1 is 1.29 bits per heavy atom. The number of aromatic hydroxyl groups is 1. The first-order valence-electron chi connectivity index (χ1n) is 7.03. The van der Waals surface area contributed by atoms with Gasteiger partial charge in [0.2, 0.25) is 0 Å². The molecule has 8 heteroatoms. The second kappa shape index (κ2) is 6.29. The zero-order valence-corrected chi connectivity index (χ0v) is 13.4. The number of halogens is 1. The minimum absolute atomic E-state index is 0.139. The van der Waals surface area contributed by atoms with E-state index in [-0.39, 0.29) is 12.2 Å². The zero-order valence-electron chi connectivity index (χ0n) is 12.6. The number of hydrogen-bond donors (Lipinski definition) is 2. The lowest BCUT2D eigenvalue weighted by molar-refractivity contribution is -0.136. The fraction of sp³-hybridized carbons (Fsp3) is 0.125. The zero-order chi connectivity index (χ0) is 17.3. The van der Waals surface area contributed by atoms with Crippen molar-refractivity contribution in [3.05, 3.63) is 52.8 Å². The number of azo groups is 1. The topological polar surface area (TPSA) is 99.5 Å². The van der Waals surface area contributed by atoms with E-state index in [2.05, 4.69) is 15.2 Å². The largest absolute Gasteiger partial charge is 0.508 e. The van der Waals surface area contributed by atoms with E-state index in [9.17, 15) is 9.90 Å². The van der Waals surface area contributed by atoms with Gasteiger partial charge >= 0.3 is 5.97 Å². The summed E-state index contributed by atoms with van der Waals surface area (Å²) in [5.74, 6) is -0.566. The molecule has 0 spiro atoms. The van der Waals surface area contributed by atoms with Crippen molar-refractivity contribution < 1.29 is 15.0 Å². The number of aromatic nitrogens is 2. The van der Waals surface area contributed by atoms with Crippen molar-refractivity contribution in [3.63, 3.8) is 0 Å². The maximum Gasteiger partial charge on any atom is 0.309 e. The van der Waals surface area contributed by atoms with Crippen molar-refractivity contribution in [3.8, 4) is 5.75 Å². The second-order valence-electron chi connectivity index (χ2n) is 5.20. The van der Waals surface area contributed by atoms with Crippen molar-refractivity contribution in [1.82, 2.24) is 9.38 Å². The maximum atomic E-state index is 11.1. The van der Waals surface area contributed by atoms with Crippen molar-refractivity contribution in [1.29, 1.82) is 0 Å². The Kier molecular flexibility index (Phi) is 4.18. The van der Waals surface area contributed by atoms with E-state index in [1.807, 2.05) is 0 Å². The summed E-state index contributed by atoms with van der Waals surface area (Å²) < 4.78 is 1.60. The van der Waals surface area contributed by atoms with Gasteiger partial charge in [-0.05, 0) is 42.8 Å². The molecule has 0 saturated carbocycles. The molecule has 2 aromatic heterocycles. The molecule has 122 valence electrons. The first kappa shape index (κ1) is 15.9. The number of nitrogens with zero attached hydrogens (tertiary/aromatic N) is 4. The van der Waals surface area contributed by atoms with Crippen LogP contribution in [0.4, 0.5) is 11.5 Å². The molecule has 2 heterocycles. The molecule has 0 aliphatic heterocycles. The summed E-state index contributed by atoms with van der Waals surface area (Å²) in [6.07, 6.45) is 1.33. The molecular weight excluding hydrogens is 332 g/mol. The normalized spacial score (nSPS) is 11.4. The molecule has 0 radical (unpaired) electrons. The highest BCUT2D eigenvalue weighted by atomic mass is 35.5. The van der Waals surface area contributed by atoms with Crippen LogP contribution in [0.5, 0.6) is 5.75 Å². The predicted octanol–water partition coefficient (Wildman–Crippen LogP) is 4.04. The molecule has 0 saturated heterocycles. The lowest BCUT2D eigenvalue weighted by Crippen LogP contribution is -2.00. The third-order valence-corrected chi connectivity index (χ3v) is 3.60. The lowest BCUT2D eigenvalue weighted by atomic mass is 10.2. The van der Waals surface area contributed by atoms with Crippen LogP contribution in [0.25, 0.3) is 5.65 Å². The summed E-state index contributed by atoms with van der Waals surface area (Å²) in [6.45, 7) is 1.79. The van der Waals surface area contributed by atoms with Crippen molar-refractivity contribution >= 4 is 34.7 Å². The molecule has 0 fully saturated rings. The van der Waals surface area contributed by atoms with Crippen molar-refractivity contribution in [2.45, 2.75) is 13.3 Å². The number of hydrogen-bond acceptors (Lipinski definition) is 5. The molecule has 1 aromatic carbocycles. The number of aryl methyl sites for hydroxylation is 1. The van der Waals surface area contributed by atoms with Crippen LogP contribution in [-0.2, 0) is 11.2 Å². The predicted molar refractivity (Wildman–Crippen MR) is 88.6 cm³/mol. The van der Waals surface area contributed by atoms with Gasteiger partial charge in [-0.1, -0.05) is 11.6 Å². The molecule has 7 nitrogen and oxygen atoms in total. The van der Waals surface area contributed by atoms with Gasteiger partial charge in [-0.25, -0.2) is 4.98 Å². The van der Waals surface area contributed by atoms with Gasteiger partial charge < -0.3 is 10.2 Å². The molecule has 0 bridgehead atoms. The Hall–Kier alpha value is -2.93. The van der Waals surface area contributed by atoms with Crippen LogP contribution in [0.2, 0.25) is 5.02 Å². The molecule has 0 atom stereocenters. The molecule has 3 aromatic rings. The summed E-state index contributed by atoms with van der Waals surface area (Å²) in [5.41, 5.74) is 2.13. The third kappa shape index (κ3) is 3.21. The summed E-state index contributed by atoms with van der Waals surface area (Å²) in [4.78, 5) is 15.3. The highest BCUT2D eigenvalue weighted by Gasteiger charge is 2.15. The average molecular weight is 345 g/mol. The summed E-state index contributed by atoms with van der Waals surface area (Å²) >= 11 is 6.00. The molecule has 0 aliphatic carbocycles. The number of fused-ring (bicyclic) bond motifs is 1. The second-order valence-corrected chi connectivity index (χ2v) is 5.64. The third-order valence-electron chi connectivity index (χ3n) is 3.38. The van der Waals surface area contributed by atoms with Gasteiger partial charge in [0.25, 0.3) is 0 Å².